The minimum Gasteiger partial charge on any atom is -0.492 e. The molecule has 1 aromatic carbocycles. The maximum Gasteiger partial charge on any atom is 0.193 e. The normalized spacial score (nSPS) is 17.4. The number of likely N-dealkylation sites (tertiary alicyclic amines) is 1. The lowest BCUT2D eigenvalue weighted by Gasteiger charge is -2.21. The summed E-state index contributed by atoms with van der Waals surface area (Å²) in [6.07, 6.45) is 6.11. The molecule has 1 aliphatic rings. The fourth-order valence-electron chi connectivity index (χ4n) is 3.33. The molecule has 0 spiro atoms. The standard InChI is InChI=1S/C19H25F2N5O/c1-22-19(23-6-8-27-16-3-4-17(20)18(21)10-16)26-7-5-14(13-26)9-15-11-24-25(2)12-15/h3-4,10-12,14H,5-9,13H2,1-2H3,(H,22,23). The smallest absolute Gasteiger partial charge is 0.193 e. The first-order chi connectivity index (χ1) is 13.0. The Morgan fingerprint density at radius 3 is 2.93 bits per heavy atom. The number of hydrogen-bond donors (Lipinski definition) is 1. The minimum atomic E-state index is -0.909. The van der Waals surface area contributed by atoms with Gasteiger partial charge in [-0.1, -0.05) is 0 Å². The molecule has 3 rings (SSSR count). The molecule has 1 atom stereocenters. The van der Waals surface area contributed by atoms with Gasteiger partial charge in [-0.15, -0.1) is 0 Å². The summed E-state index contributed by atoms with van der Waals surface area (Å²) in [7, 11) is 3.69. The number of guanidine groups is 1. The van der Waals surface area contributed by atoms with E-state index in [1.54, 1.807) is 7.05 Å². The fourth-order valence-corrected chi connectivity index (χ4v) is 3.33. The summed E-state index contributed by atoms with van der Waals surface area (Å²) >= 11 is 0. The zero-order valence-corrected chi connectivity index (χ0v) is 15.7. The molecule has 1 saturated heterocycles. The van der Waals surface area contributed by atoms with Crippen molar-refractivity contribution in [2.24, 2.45) is 18.0 Å². The number of ether oxygens (including phenoxy) is 1. The highest BCUT2D eigenvalue weighted by Crippen LogP contribution is 2.20. The van der Waals surface area contributed by atoms with Gasteiger partial charge in [0.2, 0.25) is 0 Å². The Morgan fingerprint density at radius 1 is 1.37 bits per heavy atom. The molecule has 8 heteroatoms. The van der Waals surface area contributed by atoms with E-state index in [2.05, 4.69) is 26.5 Å². The van der Waals surface area contributed by atoms with Gasteiger partial charge in [-0.05, 0) is 36.5 Å². The highest BCUT2D eigenvalue weighted by atomic mass is 19.2. The van der Waals surface area contributed by atoms with E-state index in [0.717, 1.165) is 44.0 Å². The third-order valence-electron chi connectivity index (χ3n) is 4.62. The predicted molar refractivity (Wildman–Crippen MR) is 99.8 cm³/mol. The number of aryl methyl sites for hydroxylation is 1. The van der Waals surface area contributed by atoms with Crippen LogP contribution in [0.25, 0.3) is 0 Å². The van der Waals surface area contributed by atoms with Gasteiger partial charge in [0, 0.05) is 39.4 Å². The Labute approximate surface area is 157 Å². The first-order valence-electron chi connectivity index (χ1n) is 9.06. The Hall–Kier alpha value is -2.64. The number of rotatable bonds is 6. The summed E-state index contributed by atoms with van der Waals surface area (Å²) in [5, 5.41) is 7.49. The van der Waals surface area contributed by atoms with Gasteiger partial charge in [-0.3, -0.25) is 9.67 Å². The van der Waals surface area contributed by atoms with Gasteiger partial charge in [0.1, 0.15) is 12.4 Å². The Morgan fingerprint density at radius 2 is 2.22 bits per heavy atom. The van der Waals surface area contributed by atoms with Gasteiger partial charge in [-0.2, -0.15) is 5.10 Å². The molecule has 1 aliphatic heterocycles. The molecule has 146 valence electrons. The summed E-state index contributed by atoms with van der Waals surface area (Å²) in [5.74, 6) is -0.0732. The molecule has 2 heterocycles. The van der Waals surface area contributed by atoms with E-state index in [-0.39, 0.29) is 0 Å². The summed E-state index contributed by atoms with van der Waals surface area (Å²) in [4.78, 5) is 6.57. The van der Waals surface area contributed by atoms with Crippen molar-refractivity contribution >= 4 is 5.96 Å². The van der Waals surface area contributed by atoms with E-state index in [9.17, 15) is 8.78 Å². The molecule has 1 N–H and O–H groups in total. The number of hydrogen-bond acceptors (Lipinski definition) is 3. The van der Waals surface area contributed by atoms with E-state index in [0.29, 0.717) is 24.8 Å². The third-order valence-corrected chi connectivity index (χ3v) is 4.62. The van der Waals surface area contributed by atoms with Crippen LogP contribution < -0.4 is 10.1 Å². The van der Waals surface area contributed by atoms with Crippen molar-refractivity contribution in [2.45, 2.75) is 12.8 Å². The lowest BCUT2D eigenvalue weighted by atomic mass is 10.0. The molecular formula is C19H25F2N5O. The Balaban J connectivity index is 1.42. The zero-order valence-electron chi connectivity index (χ0n) is 15.7. The first kappa shape index (κ1) is 19.1. The quantitative estimate of drug-likeness (QED) is 0.477. The summed E-state index contributed by atoms with van der Waals surface area (Å²) in [6.45, 7) is 2.75. The van der Waals surface area contributed by atoms with Crippen molar-refractivity contribution in [3.63, 3.8) is 0 Å². The van der Waals surface area contributed by atoms with Crippen molar-refractivity contribution in [2.75, 3.05) is 33.3 Å². The highest BCUT2D eigenvalue weighted by Gasteiger charge is 2.25. The van der Waals surface area contributed by atoms with Crippen molar-refractivity contribution in [1.29, 1.82) is 0 Å². The van der Waals surface area contributed by atoms with Gasteiger partial charge < -0.3 is 15.0 Å². The Kier molecular flexibility index (Phi) is 6.26. The zero-order chi connectivity index (χ0) is 19.2. The molecule has 0 aliphatic carbocycles. The van der Waals surface area contributed by atoms with Crippen molar-refractivity contribution in [1.82, 2.24) is 20.0 Å². The fraction of sp³-hybridized carbons (Fsp3) is 0.474. The lowest BCUT2D eigenvalue weighted by Crippen LogP contribution is -2.41. The molecule has 27 heavy (non-hydrogen) atoms. The second-order valence-electron chi connectivity index (χ2n) is 6.73. The maximum absolute atomic E-state index is 13.2. The van der Waals surface area contributed by atoms with Crippen LogP contribution in [0.4, 0.5) is 8.78 Å². The molecule has 0 bridgehead atoms. The average molecular weight is 377 g/mol. The number of aliphatic imine (C=N–C) groups is 1. The van der Waals surface area contributed by atoms with E-state index in [1.165, 1.54) is 11.6 Å². The molecule has 1 unspecified atom stereocenters. The molecule has 2 aromatic rings. The molecule has 6 nitrogen and oxygen atoms in total. The van der Waals surface area contributed by atoms with E-state index < -0.39 is 11.6 Å². The average Bonchev–Trinajstić information content (AvgIpc) is 3.27. The second kappa shape index (κ2) is 8.83. The number of halogens is 2. The largest absolute Gasteiger partial charge is 0.492 e. The van der Waals surface area contributed by atoms with Crippen LogP contribution in [0.1, 0.15) is 12.0 Å². The number of nitrogens with one attached hydrogen (secondary N) is 1. The van der Waals surface area contributed by atoms with Crippen molar-refractivity contribution in [3.8, 4) is 5.75 Å². The number of aromatic nitrogens is 2. The minimum absolute atomic E-state index is 0.309. The van der Waals surface area contributed by atoms with Crippen molar-refractivity contribution < 1.29 is 13.5 Å². The van der Waals surface area contributed by atoms with E-state index >= 15 is 0 Å². The van der Waals surface area contributed by atoms with Gasteiger partial charge in [0.05, 0.1) is 12.7 Å². The molecule has 0 amide bonds. The number of nitrogens with zero attached hydrogens (tertiary/aromatic N) is 4. The van der Waals surface area contributed by atoms with Gasteiger partial charge in [0.25, 0.3) is 0 Å². The second-order valence-corrected chi connectivity index (χ2v) is 6.73. The predicted octanol–water partition coefficient (Wildman–Crippen LogP) is 2.22. The van der Waals surface area contributed by atoms with Crippen LogP contribution in [0.3, 0.4) is 0 Å². The summed E-state index contributed by atoms with van der Waals surface area (Å²) in [6, 6.07) is 3.52. The monoisotopic (exact) mass is 377 g/mol. The molecule has 0 saturated carbocycles. The molecule has 0 radical (unpaired) electrons. The maximum atomic E-state index is 13.2. The van der Waals surface area contributed by atoms with Crippen molar-refractivity contribution in [3.05, 3.63) is 47.8 Å². The summed E-state index contributed by atoms with van der Waals surface area (Å²) < 4.78 is 33.4. The third kappa shape index (κ3) is 5.18. The Bertz CT molecular complexity index is 792. The van der Waals surface area contributed by atoms with Crippen LogP contribution in [0.5, 0.6) is 5.75 Å². The van der Waals surface area contributed by atoms with Crippen LogP contribution in [0.2, 0.25) is 0 Å². The summed E-state index contributed by atoms with van der Waals surface area (Å²) in [5.41, 5.74) is 1.26. The lowest BCUT2D eigenvalue weighted by molar-refractivity contribution is 0.316. The number of benzene rings is 1. The van der Waals surface area contributed by atoms with Gasteiger partial charge >= 0.3 is 0 Å². The molecule has 1 fully saturated rings. The van der Waals surface area contributed by atoms with Crippen LogP contribution in [-0.4, -0.2) is 53.9 Å². The van der Waals surface area contributed by atoms with Crippen LogP contribution in [-0.2, 0) is 13.5 Å². The van der Waals surface area contributed by atoms with Gasteiger partial charge in [0.15, 0.2) is 17.6 Å². The molecule has 1 aromatic heterocycles. The SMILES string of the molecule is CN=C(NCCOc1ccc(F)c(F)c1)N1CCC(Cc2cnn(C)c2)C1. The highest BCUT2D eigenvalue weighted by molar-refractivity contribution is 5.80. The van der Waals surface area contributed by atoms with E-state index in [4.69, 9.17) is 4.74 Å². The van der Waals surface area contributed by atoms with Crippen LogP contribution in [0, 0.1) is 17.6 Å². The van der Waals surface area contributed by atoms with E-state index in [1.807, 2.05) is 17.9 Å². The van der Waals surface area contributed by atoms with Crippen LogP contribution in [0.15, 0.2) is 35.6 Å². The molecular weight excluding hydrogens is 352 g/mol. The topological polar surface area (TPSA) is 54.7 Å². The van der Waals surface area contributed by atoms with Crippen LogP contribution >= 0.6 is 0 Å². The first-order valence-corrected chi connectivity index (χ1v) is 9.06. The van der Waals surface area contributed by atoms with Gasteiger partial charge in [-0.25, -0.2) is 8.78 Å².